The first-order valence-electron chi connectivity index (χ1n) is 9.92. The maximum atomic E-state index is 13.3. The highest BCUT2D eigenvalue weighted by atomic mass is 35.5. The number of nitrogens with zero attached hydrogens (tertiary/aromatic N) is 2. The number of aromatic amines is 1. The Kier molecular flexibility index (Phi) is 6.55. The molecule has 0 saturated heterocycles. The van der Waals surface area contributed by atoms with E-state index in [4.69, 9.17) is 28.9 Å². The number of H-pyrrole nitrogens is 1. The summed E-state index contributed by atoms with van der Waals surface area (Å²) in [6, 6.07) is 11.6. The number of halogens is 2. The zero-order chi connectivity index (χ0) is 22.9. The van der Waals surface area contributed by atoms with Gasteiger partial charge in [-0.25, -0.2) is 8.42 Å². The minimum absolute atomic E-state index is 0.0826. The highest BCUT2D eigenvalue weighted by Crippen LogP contribution is 2.35. The molecule has 11 heteroatoms. The Labute approximate surface area is 195 Å². The Morgan fingerprint density at radius 1 is 1.16 bits per heavy atom. The average Bonchev–Trinajstić information content (AvgIpc) is 3.20. The summed E-state index contributed by atoms with van der Waals surface area (Å²) >= 11 is 12.3. The lowest BCUT2D eigenvalue weighted by Gasteiger charge is -2.27. The van der Waals surface area contributed by atoms with Crippen LogP contribution in [0.15, 0.2) is 47.4 Å². The van der Waals surface area contributed by atoms with Gasteiger partial charge in [-0.3, -0.25) is 9.89 Å². The van der Waals surface area contributed by atoms with Gasteiger partial charge in [0.25, 0.3) is 5.91 Å². The molecule has 4 rings (SSSR count). The van der Waals surface area contributed by atoms with Crippen LogP contribution in [0.3, 0.4) is 0 Å². The molecule has 0 radical (unpaired) electrons. The molecule has 3 aromatic rings. The predicted molar refractivity (Wildman–Crippen MR) is 123 cm³/mol. The van der Waals surface area contributed by atoms with Crippen molar-refractivity contribution in [2.24, 2.45) is 5.73 Å². The zero-order valence-electron chi connectivity index (χ0n) is 16.9. The van der Waals surface area contributed by atoms with Crippen LogP contribution in [0.25, 0.3) is 11.3 Å². The molecule has 0 spiro atoms. The molecule has 0 aliphatic carbocycles. The van der Waals surface area contributed by atoms with Gasteiger partial charge >= 0.3 is 0 Å². The summed E-state index contributed by atoms with van der Waals surface area (Å²) in [5, 5.41) is 10.3. The number of hydrogen-bond donors (Lipinski definition) is 3. The minimum Gasteiger partial charge on any atom is -0.351 e. The topological polar surface area (TPSA) is 121 Å². The van der Waals surface area contributed by atoms with Gasteiger partial charge in [0, 0.05) is 55.0 Å². The third-order valence-electron chi connectivity index (χ3n) is 5.27. The van der Waals surface area contributed by atoms with E-state index in [9.17, 15) is 13.2 Å². The van der Waals surface area contributed by atoms with Crippen molar-refractivity contribution in [1.29, 1.82) is 0 Å². The summed E-state index contributed by atoms with van der Waals surface area (Å²) in [6.45, 7) is 1.16. The van der Waals surface area contributed by atoms with Crippen LogP contribution in [0.1, 0.15) is 21.6 Å². The van der Waals surface area contributed by atoms with Gasteiger partial charge in [-0.2, -0.15) is 9.40 Å². The number of carbonyl (C=O) groups excluding carboxylic acids is 1. The van der Waals surface area contributed by atoms with E-state index in [0.29, 0.717) is 30.8 Å². The van der Waals surface area contributed by atoms with Gasteiger partial charge in [0.05, 0.1) is 15.7 Å². The van der Waals surface area contributed by atoms with Gasteiger partial charge in [-0.1, -0.05) is 41.4 Å². The second-order valence-corrected chi connectivity index (χ2v) is 9.98. The van der Waals surface area contributed by atoms with E-state index >= 15 is 0 Å². The Hall–Kier alpha value is -2.43. The van der Waals surface area contributed by atoms with Crippen molar-refractivity contribution in [1.82, 2.24) is 19.8 Å². The number of amides is 1. The minimum atomic E-state index is -3.91. The fourth-order valence-electron chi connectivity index (χ4n) is 3.64. The number of carbonyl (C=O) groups is 1. The van der Waals surface area contributed by atoms with Gasteiger partial charge in [0.1, 0.15) is 4.90 Å². The molecule has 8 nitrogen and oxygen atoms in total. The van der Waals surface area contributed by atoms with Gasteiger partial charge in [-0.05, 0) is 24.3 Å². The second kappa shape index (κ2) is 9.21. The fourth-order valence-corrected chi connectivity index (χ4v) is 6.14. The first-order chi connectivity index (χ1) is 15.3. The van der Waals surface area contributed by atoms with E-state index in [0.717, 1.165) is 16.8 Å². The summed E-state index contributed by atoms with van der Waals surface area (Å²) in [4.78, 5) is 12.0. The fraction of sp³-hybridized carbons (Fsp3) is 0.238. The molecule has 1 amide bonds. The Balaban J connectivity index is 1.62. The summed E-state index contributed by atoms with van der Waals surface area (Å²) < 4.78 is 27.9. The van der Waals surface area contributed by atoms with E-state index in [1.54, 1.807) is 30.3 Å². The number of hydrogen-bond acceptors (Lipinski definition) is 5. The standard InChI is InChI=1S/C21H21Cl2N5O3S/c22-16-2-1-3-17(23)20(16)32(30,31)28-11-8-18-15(12-28)19(27-26-18)13-4-6-14(7-5-13)21(29)25-10-9-24/h1-7H,8-12,24H2,(H,25,29)(H,26,27). The molecule has 1 aromatic heterocycles. The summed E-state index contributed by atoms with van der Waals surface area (Å²) in [5.74, 6) is -0.208. The lowest BCUT2D eigenvalue weighted by molar-refractivity contribution is 0.0954. The molecule has 2 heterocycles. The molecule has 168 valence electrons. The molecule has 4 N–H and O–H groups in total. The largest absolute Gasteiger partial charge is 0.351 e. The predicted octanol–water partition coefficient (Wildman–Crippen LogP) is 2.82. The highest BCUT2D eigenvalue weighted by molar-refractivity contribution is 7.89. The van der Waals surface area contributed by atoms with Crippen LogP contribution in [0.5, 0.6) is 0 Å². The Bertz CT molecular complexity index is 1240. The van der Waals surface area contributed by atoms with Crippen LogP contribution in [0.4, 0.5) is 0 Å². The van der Waals surface area contributed by atoms with Crippen LogP contribution in [0, 0.1) is 0 Å². The number of benzene rings is 2. The first kappa shape index (κ1) is 22.8. The average molecular weight is 494 g/mol. The van der Waals surface area contributed by atoms with Gasteiger partial charge in [0.2, 0.25) is 10.0 Å². The molecule has 0 bridgehead atoms. The SMILES string of the molecule is NCCNC(=O)c1ccc(-c2n[nH]c3c2CN(S(=O)(=O)c2c(Cl)cccc2Cl)CC3)cc1. The molecule has 0 unspecified atom stereocenters. The molecule has 0 saturated carbocycles. The molecular formula is C21H21Cl2N5O3S. The third kappa shape index (κ3) is 4.26. The van der Waals surface area contributed by atoms with Crippen molar-refractivity contribution in [3.05, 3.63) is 69.3 Å². The van der Waals surface area contributed by atoms with Crippen molar-refractivity contribution in [2.45, 2.75) is 17.9 Å². The van der Waals surface area contributed by atoms with Crippen molar-refractivity contribution in [3.8, 4) is 11.3 Å². The monoisotopic (exact) mass is 493 g/mol. The van der Waals surface area contributed by atoms with Crippen LogP contribution in [0.2, 0.25) is 10.0 Å². The van der Waals surface area contributed by atoms with Crippen molar-refractivity contribution in [2.75, 3.05) is 19.6 Å². The van der Waals surface area contributed by atoms with Gasteiger partial charge in [0.15, 0.2) is 0 Å². The van der Waals surface area contributed by atoms with Crippen LogP contribution in [-0.4, -0.2) is 48.5 Å². The second-order valence-electron chi connectivity index (χ2n) is 7.29. The smallest absolute Gasteiger partial charge is 0.251 e. The van der Waals surface area contributed by atoms with Crippen LogP contribution < -0.4 is 11.1 Å². The third-order valence-corrected chi connectivity index (χ3v) is 8.07. The summed E-state index contributed by atoms with van der Waals surface area (Å²) in [7, 11) is -3.91. The molecule has 0 fully saturated rings. The van der Waals surface area contributed by atoms with Gasteiger partial charge in [-0.15, -0.1) is 0 Å². The molecule has 1 aliphatic heterocycles. The lowest BCUT2D eigenvalue weighted by atomic mass is 10.0. The van der Waals surface area contributed by atoms with Crippen molar-refractivity contribution >= 4 is 39.1 Å². The summed E-state index contributed by atoms with van der Waals surface area (Å²) in [5.41, 5.74) is 8.99. The number of sulfonamides is 1. The Morgan fingerprint density at radius 3 is 2.50 bits per heavy atom. The van der Waals surface area contributed by atoms with E-state index in [-0.39, 0.29) is 33.9 Å². The van der Waals surface area contributed by atoms with Crippen LogP contribution >= 0.6 is 23.2 Å². The lowest BCUT2D eigenvalue weighted by Crippen LogP contribution is -2.36. The van der Waals surface area contributed by atoms with E-state index < -0.39 is 10.0 Å². The number of nitrogens with one attached hydrogen (secondary N) is 2. The molecule has 1 aliphatic rings. The molecular weight excluding hydrogens is 473 g/mol. The summed E-state index contributed by atoms with van der Waals surface area (Å²) in [6.07, 6.45) is 0.475. The quantitative estimate of drug-likeness (QED) is 0.487. The van der Waals surface area contributed by atoms with E-state index in [1.165, 1.54) is 16.4 Å². The van der Waals surface area contributed by atoms with Gasteiger partial charge < -0.3 is 11.1 Å². The molecule has 2 aromatic carbocycles. The first-order valence-corrected chi connectivity index (χ1v) is 12.1. The molecule has 0 atom stereocenters. The zero-order valence-corrected chi connectivity index (χ0v) is 19.3. The number of aromatic nitrogens is 2. The van der Waals surface area contributed by atoms with Crippen molar-refractivity contribution < 1.29 is 13.2 Å². The number of fused-ring (bicyclic) bond motifs is 1. The normalized spacial score (nSPS) is 14.2. The maximum Gasteiger partial charge on any atom is 0.251 e. The van der Waals surface area contributed by atoms with E-state index in [2.05, 4.69) is 15.5 Å². The van der Waals surface area contributed by atoms with Crippen molar-refractivity contribution in [3.63, 3.8) is 0 Å². The van der Waals surface area contributed by atoms with E-state index in [1.807, 2.05) is 0 Å². The molecule has 32 heavy (non-hydrogen) atoms. The highest BCUT2D eigenvalue weighted by Gasteiger charge is 2.34. The van der Waals surface area contributed by atoms with Crippen LogP contribution in [-0.2, 0) is 23.0 Å². The number of nitrogens with two attached hydrogens (primary N) is 1. The maximum absolute atomic E-state index is 13.3. The number of rotatable bonds is 6. The Morgan fingerprint density at radius 2 is 1.84 bits per heavy atom.